The molecule has 202 valence electrons. The van der Waals surface area contributed by atoms with Crippen molar-refractivity contribution in [2.75, 3.05) is 26.2 Å². The number of ketones is 1. The average Bonchev–Trinajstić information content (AvgIpc) is 3.61. The minimum Gasteiger partial charge on any atom is -0.335 e. The highest BCUT2D eigenvalue weighted by Crippen LogP contribution is 2.37. The van der Waals surface area contributed by atoms with Crippen molar-refractivity contribution in [3.63, 3.8) is 0 Å². The highest BCUT2D eigenvalue weighted by Gasteiger charge is 2.32. The van der Waals surface area contributed by atoms with Crippen LogP contribution in [0.2, 0.25) is 0 Å². The molecule has 0 aliphatic carbocycles. The molecule has 39 heavy (non-hydrogen) atoms. The summed E-state index contributed by atoms with van der Waals surface area (Å²) in [5.74, 6) is -3.13. The van der Waals surface area contributed by atoms with E-state index in [1.165, 1.54) is 17.3 Å². The van der Waals surface area contributed by atoms with Crippen molar-refractivity contribution in [3.8, 4) is 5.82 Å². The van der Waals surface area contributed by atoms with Crippen molar-refractivity contribution in [2.24, 2.45) is 0 Å². The van der Waals surface area contributed by atoms with E-state index in [1.807, 2.05) is 0 Å². The third-order valence-electron chi connectivity index (χ3n) is 6.15. The van der Waals surface area contributed by atoms with Crippen molar-refractivity contribution in [1.29, 1.82) is 0 Å². The van der Waals surface area contributed by atoms with Gasteiger partial charge in [0, 0.05) is 37.9 Å². The molecule has 0 spiro atoms. The molecule has 2 amide bonds. The molecule has 0 saturated carbocycles. The van der Waals surface area contributed by atoms with Crippen molar-refractivity contribution in [3.05, 3.63) is 72.1 Å². The lowest BCUT2D eigenvalue weighted by atomic mass is 10.1. The summed E-state index contributed by atoms with van der Waals surface area (Å²) in [6.07, 6.45) is 4.63. The number of pyridine rings is 1. The van der Waals surface area contributed by atoms with E-state index in [2.05, 4.69) is 19.8 Å². The highest BCUT2D eigenvalue weighted by atomic mass is 31.2. The number of fused-ring (bicyclic) bond motifs is 1. The van der Waals surface area contributed by atoms with Gasteiger partial charge in [-0.25, -0.2) is 18.6 Å². The maximum atomic E-state index is 15.1. The Hall–Kier alpha value is -4.30. The Bertz CT molecular complexity index is 1600. The van der Waals surface area contributed by atoms with Crippen molar-refractivity contribution in [1.82, 2.24) is 34.3 Å². The number of Topliss-reactive ketones (excluding diaryl/α,β-unsaturated/α-hetero) is 1. The van der Waals surface area contributed by atoms with Crippen LogP contribution >= 0.6 is 7.82 Å². The van der Waals surface area contributed by atoms with Crippen LogP contribution in [0.3, 0.4) is 0 Å². The number of phosphoric ester groups is 1. The van der Waals surface area contributed by atoms with E-state index in [-0.39, 0.29) is 54.4 Å². The first-order valence-electron chi connectivity index (χ1n) is 11.6. The van der Waals surface area contributed by atoms with Crippen LogP contribution in [0.25, 0.3) is 16.7 Å². The molecule has 1 aliphatic rings. The fourth-order valence-corrected chi connectivity index (χ4v) is 4.59. The van der Waals surface area contributed by atoms with Gasteiger partial charge in [-0.3, -0.25) is 18.9 Å². The van der Waals surface area contributed by atoms with Crippen LogP contribution in [-0.4, -0.2) is 87.9 Å². The van der Waals surface area contributed by atoms with Gasteiger partial charge in [-0.1, -0.05) is 23.4 Å². The van der Waals surface area contributed by atoms with Crippen LogP contribution in [-0.2, 0) is 20.6 Å². The second-order valence-corrected chi connectivity index (χ2v) is 9.78. The molecule has 16 heteroatoms. The van der Waals surface area contributed by atoms with Gasteiger partial charge in [0.15, 0.2) is 11.6 Å². The third kappa shape index (κ3) is 5.33. The summed E-state index contributed by atoms with van der Waals surface area (Å²) in [7, 11) is -4.95. The number of hydrogen-bond donors (Lipinski definition) is 2. The second kappa shape index (κ2) is 10.5. The Kier molecular flexibility index (Phi) is 7.06. The molecule has 1 aromatic carbocycles. The summed E-state index contributed by atoms with van der Waals surface area (Å²) < 4.78 is 33.2. The fraction of sp³-hybridized carbons (Fsp3) is 0.217. The summed E-state index contributed by atoms with van der Waals surface area (Å²) in [5, 5.41) is 7.17. The Balaban J connectivity index is 1.43. The van der Waals surface area contributed by atoms with Crippen LogP contribution in [0.15, 0.2) is 55.1 Å². The van der Waals surface area contributed by atoms with Crippen molar-refractivity contribution >= 4 is 36.3 Å². The predicted molar refractivity (Wildman–Crippen MR) is 131 cm³/mol. The SMILES string of the molecule is O=C(C(=O)N1CCN(C(=O)c2ccccc2)CC1)c1cn(COP(=O)(O)O)c2c(-n3ccnn3)ncc(F)c12. The van der Waals surface area contributed by atoms with E-state index >= 15 is 4.39 Å². The minimum absolute atomic E-state index is 0.0160. The monoisotopic (exact) mass is 557 g/mol. The van der Waals surface area contributed by atoms with Gasteiger partial charge < -0.3 is 24.2 Å². The maximum absolute atomic E-state index is 15.1. The molecule has 0 bridgehead atoms. The number of nitrogens with zero attached hydrogens (tertiary/aromatic N) is 7. The molecule has 5 rings (SSSR count). The second-order valence-electron chi connectivity index (χ2n) is 8.54. The zero-order chi connectivity index (χ0) is 27.7. The van der Waals surface area contributed by atoms with Crippen LogP contribution in [0.4, 0.5) is 4.39 Å². The largest absolute Gasteiger partial charge is 0.471 e. The van der Waals surface area contributed by atoms with E-state index < -0.39 is 32.1 Å². The van der Waals surface area contributed by atoms with Crippen LogP contribution in [0.5, 0.6) is 0 Å². The van der Waals surface area contributed by atoms with E-state index in [0.29, 0.717) is 5.56 Å². The smallest absolute Gasteiger partial charge is 0.335 e. The minimum atomic E-state index is -4.95. The number of piperazine rings is 1. The normalized spacial score (nSPS) is 14.1. The van der Waals surface area contributed by atoms with Crippen LogP contribution in [0, 0.1) is 5.82 Å². The van der Waals surface area contributed by atoms with Gasteiger partial charge in [0.25, 0.3) is 17.6 Å². The predicted octanol–water partition coefficient (Wildman–Crippen LogP) is 0.990. The quantitative estimate of drug-likeness (QED) is 0.190. The molecule has 4 heterocycles. The molecule has 14 nitrogen and oxygen atoms in total. The number of rotatable bonds is 7. The van der Waals surface area contributed by atoms with Gasteiger partial charge in [0.05, 0.1) is 35.1 Å². The molecule has 1 aliphatic heterocycles. The Labute approximate surface area is 219 Å². The molecule has 0 atom stereocenters. The average molecular weight is 557 g/mol. The highest BCUT2D eigenvalue weighted by molar-refractivity contribution is 7.46. The van der Waals surface area contributed by atoms with Gasteiger partial charge in [0.1, 0.15) is 6.73 Å². The number of hydrogen-bond acceptors (Lipinski definition) is 8. The Morgan fingerprint density at radius 1 is 1.05 bits per heavy atom. The molecular weight excluding hydrogens is 536 g/mol. The molecule has 1 fully saturated rings. The number of carbonyl (C=O) groups excluding carboxylic acids is 3. The molecule has 0 unspecified atom stereocenters. The fourth-order valence-electron chi connectivity index (χ4n) is 4.32. The molecular formula is C23H21FN7O7P. The van der Waals surface area contributed by atoms with E-state index in [4.69, 9.17) is 9.79 Å². The standard InChI is InChI=1S/C23H21FN7O7P/c24-17-12-25-21(31-7-6-26-27-31)19-18(17)16(13-30(19)14-38-39(35,36)37)20(32)23(34)29-10-8-28(9-11-29)22(33)15-4-2-1-3-5-15/h1-7,12-13H,8-11,14H2,(H2,35,36,37). The summed E-state index contributed by atoms with van der Waals surface area (Å²) in [6.45, 7) is -0.233. The topological polar surface area (TPSA) is 173 Å². The van der Waals surface area contributed by atoms with Gasteiger partial charge in [-0.05, 0) is 12.1 Å². The third-order valence-corrected chi connectivity index (χ3v) is 6.60. The van der Waals surface area contributed by atoms with Crippen molar-refractivity contribution in [2.45, 2.75) is 6.73 Å². The number of halogens is 1. The number of phosphoric acid groups is 1. The lowest BCUT2D eigenvalue weighted by Gasteiger charge is -2.34. The van der Waals surface area contributed by atoms with Gasteiger partial charge in [-0.2, -0.15) is 0 Å². The maximum Gasteiger partial charge on any atom is 0.471 e. The van der Waals surface area contributed by atoms with E-state index in [0.717, 1.165) is 21.6 Å². The van der Waals surface area contributed by atoms with E-state index in [9.17, 15) is 18.9 Å². The molecule has 1 saturated heterocycles. The zero-order valence-corrected chi connectivity index (χ0v) is 21.0. The van der Waals surface area contributed by atoms with Crippen LogP contribution in [0.1, 0.15) is 20.7 Å². The number of benzene rings is 1. The zero-order valence-electron chi connectivity index (χ0n) is 20.1. The first kappa shape index (κ1) is 26.3. The molecule has 4 aromatic rings. The van der Waals surface area contributed by atoms with Gasteiger partial charge in [-0.15, -0.1) is 5.10 Å². The Morgan fingerprint density at radius 2 is 1.74 bits per heavy atom. The Morgan fingerprint density at radius 3 is 2.38 bits per heavy atom. The number of amides is 2. The summed E-state index contributed by atoms with van der Waals surface area (Å²) in [5.41, 5.74) is 0.0581. The first-order chi connectivity index (χ1) is 18.6. The van der Waals surface area contributed by atoms with Crippen LogP contribution < -0.4 is 0 Å². The lowest BCUT2D eigenvalue weighted by Crippen LogP contribution is -2.52. The number of carbonyl (C=O) groups is 3. The summed E-state index contributed by atoms with van der Waals surface area (Å²) in [4.78, 5) is 64.4. The first-order valence-corrected chi connectivity index (χ1v) is 13.1. The van der Waals surface area contributed by atoms with Gasteiger partial charge in [0.2, 0.25) is 0 Å². The molecule has 3 aromatic heterocycles. The number of aromatic nitrogens is 5. The summed E-state index contributed by atoms with van der Waals surface area (Å²) >= 11 is 0. The summed E-state index contributed by atoms with van der Waals surface area (Å²) in [6, 6.07) is 8.66. The van der Waals surface area contributed by atoms with Crippen molar-refractivity contribution < 1.29 is 37.6 Å². The molecule has 2 N–H and O–H groups in total. The van der Waals surface area contributed by atoms with E-state index in [1.54, 1.807) is 35.2 Å². The van der Waals surface area contributed by atoms with Gasteiger partial charge >= 0.3 is 7.82 Å². The molecule has 0 radical (unpaired) electrons. The lowest BCUT2D eigenvalue weighted by molar-refractivity contribution is -0.127.